The molecule has 0 N–H and O–H groups in total. The highest BCUT2D eigenvalue weighted by Crippen LogP contribution is 2.34. The number of carbonyl (C=O) groups is 1. The van der Waals surface area contributed by atoms with Crippen LogP contribution in [0.4, 0.5) is 15.8 Å². The van der Waals surface area contributed by atoms with Gasteiger partial charge in [0.25, 0.3) is 0 Å². The molecule has 1 fully saturated rings. The Bertz CT molecular complexity index is 1490. The van der Waals surface area contributed by atoms with Crippen molar-refractivity contribution in [2.24, 2.45) is 0 Å². The van der Waals surface area contributed by atoms with Gasteiger partial charge in [0, 0.05) is 56.2 Å². The van der Waals surface area contributed by atoms with Crippen LogP contribution in [-0.2, 0) is 24.3 Å². The molecule has 5 heterocycles. The highest BCUT2D eigenvalue weighted by atomic mass is 19.1. The molecule has 1 aromatic carbocycles. The van der Waals surface area contributed by atoms with Gasteiger partial charge in [0.2, 0.25) is 5.91 Å². The molecular formula is C28H31FN8O2. The molecule has 202 valence electrons. The van der Waals surface area contributed by atoms with Gasteiger partial charge in [-0.2, -0.15) is 0 Å². The Morgan fingerprint density at radius 3 is 2.69 bits per heavy atom. The smallest absolute Gasteiger partial charge is 0.316 e. The summed E-state index contributed by atoms with van der Waals surface area (Å²) in [7, 11) is 0. The highest BCUT2D eigenvalue weighted by molar-refractivity contribution is 5.79. The molecule has 39 heavy (non-hydrogen) atoms. The highest BCUT2D eigenvalue weighted by Gasteiger charge is 2.31. The number of nitrogens with zero attached hydrogens (tertiary/aromatic N) is 8. The second kappa shape index (κ2) is 10.5. The molecule has 3 aromatic heterocycles. The predicted octanol–water partition coefficient (Wildman–Crippen LogP) is 3.06. The van der Waals surface area contributed by atoms with E-state index in [-0.39, 0.29) is 24.3 Å². The number of aromatic nitrogens is 5. The maximum absolute atomic E-state index is 14.9. The predicted molar refractivity (Wildman–Crippen MR) is 145 cm³/mol. The van der Waals surface area contributed by atoms with Gasteiger partial charge in [-0.05, 0) is 50.1 Å². The average molecular weight is 531 g/mol. The molecular weight excluding hydrogens is 499 g/mol. The minimum atomic E-state index is -0.167. The molecule has 0 bridgehead atoms. The van der Waals surface area contributed by atoms with E-state index in [1.807, 2.05) is 30.0 Å². The fourth-order valence-corrected chi connectivity index (χ4v) is 5.60. The second-order valence-corrected chi connectivity index (χ2v) is 9.95. The van der Waals surface area contributed by atoms with Gasteiger partial charge in [-0.25, -0.2) is 24.3 Å². The summed E-state index contributed by atoms with van der Waals surface area (Å²) in [6, 6.07) is 7.52. The maximum atomic E-state index is 14.9. The lowest BCUT2D eigenvalue weighted by molar-refractivity contribution is -0.134. The van der Waals surface area contributed by atoms with Crippen molar-refractivity contribution in [3.8, 4) is 6.01 Å². The van der Waals surface area contributed by atoms with Gasteiger partial charge in [-0.1, -0.05) is 0 Å². The topological polar surface area (TPSA) is 92.5 Å². The molecule has 0 spiro atoms. The summed E-state index contributed by atoms with van der Waals surface area (Å²) in [5.41, 5.74) is 5.13. The van der Waals surface area contributed by atoms with E-state index in [0.29, 0.717) is 57.4 Å². The number of ether oxygens (including phenoxy) is 1. The molecule has 0 radical (unpaired) electrons. The van der Waals surface area contributed by atoms with Crippen molar-refractivity contribution in [3.63, 3.8) is 0 Å². The monoisotopic (exact) mass is 530 g/mol. The van der Waals surface area contributed by atoms with Crippen LogP contribution in [0.5, 0.6) is 6.01 Å². The van der Waals surface area contributed by atoms with Gasteiger partial charge < -0.3 is 24.0 Å². The Morgan fingerprint density at radius 2 is 1.90 bits per heavy atom. The zero-order chi connectivity index (χ0) is 26.9. The molecule has 0 saturated carbocycles. The zero-order valence-corrected chi connectivity index (χ0v) is 22.1. The quantitative estimate of drug-likeness (QED) is 0.376. The Kier molecular flexibility index (Phi) is 6.72. The van der Waals surface area contributed by atoms with Crippen LogP contribution in [-0.4, -0.2) is 74.1 Å². The van der Waals surface area contributed by atoms with Crippen LogP contribution in [0.25, 0.3) is 11.2 Å². The van der Waals surface area contributed by atoms with Crippen molar-refractivity contribution in [1.29, 1.82) is 0 Å². The summed E-state index contributed by atoms with van der Waals surface area (Å²) in [5, 5.41) is 0. The summed E-state index contributed by atoms with van der Waals surface area (Å²) in [5.74, 6) is -0.130. The maximum Gasteiger partial charge on any atom is 0.316 e. The lowest BCUT2D eigenvalue weighted by Gasteiger charge is -2.43. The number of imidazole rings is 1. The standard InChI is InChI=1S/C28H31FN8O2/c1-3-39-28-31-13-20(14-32-28)34-10-8-21-22(16-34)25(7-6-23(21)29)35-11-12-37(19(2)15-35)26(38)17-36-18-33-24-5-4-9-30-27(24)36/h4-7,9,13-14,18-19H,3,8,10-12,15-17H2,1-2H3/t19-/m1/s1. The molecule has 1 amide bonds. The molecule has 2 aliphatic rings. The number of anilines is 2. The third-order valence-electron chi connectivity index (χ3n) is 7.55. The van der Waals surface area contributed by atoms with E-state index >= 15 is 0 Å². The Balaban J connectivity index is 1.17. The molecule has 1 saturated heterocycles. The van der Waals surface area contributed by atoms with Gasteiger partial charge in [0.05, 0.1) is 31.0 Å². The Morgan fingerprint density at radius 1 is 1.05 bits per heavy atom. The fourth-order valence-electron chi connectivity index (χ4n) is 5.60. The zero-order valence-electron chi connectivity index (χ0n) is 22.1. The second-order valence-electron chi connectivity index (χ2n) is 9.95. The number of pyridine rings is 1. The van der Waals surface area contributed by atoms with Gasteiger partial charge in [0.1, 0.15) is 17.9 Å². The van der Waals surface area contributed by atoms with Crippen molar-refractivity contribution in [2.75, 3.05) is 42.6 Å². The number of piperazine rings is 1. The number of hydrogen-bond donors (Lipinski definition) is 0. The van der Waals surface area contributed by atoms with Crippen LogP contribution in [0, 0.1) is 5.82 Å². The van der Waals surface area contributed by atoms with Crippen LogP contribution >= 0.6 is 0 Å². The third-order valence-corrected chi connectivity index (χ3v) is 7.55. The van der Waals surface area contributed by atoms with Crippen LogP contribution in [0.3, 0.4) is 0 Å². The van der Waals surface area contributed by atoms with Crippen molar-refractivity contribution < 1.29 is 13.9 Å². The SMILES string of the molecule is CCOc1ncc(N2CCc3c(F)ccc(N4CCN(C(=O)Cn5cnc6cccnc65)[C@H](C)C4)c3C2)cn1. The molecule has 0 unspecified atom stereocenters. The van der Waals surface area contributed by atoms with Gasteiger partial charge in [0.15, 0.2) is 5.65 Å². The Labute approximate surface area is 226 Å². The molecule has 1 atom stereocenters. The first-order chi connectivity index (χ1) is 19.0. The number of hydrogen-bond acceptors (Lipinski definition) is 8. The summed E-state index contributed by atoms with van der Waals surface area (Å²) in [6.07, 6.45) is 7.49. The summed E-state index contributed by atoms with van der Waals surface area (Å²) in [6.45, 7) is 7.83. The number of rotatable bonds is 6. The average Bonchev–Trinajstić information content (AvgIpc) is 3.36. The normalized spacial score (nSPS) is 17.4. The number of halogens is 1. The van der Waals surface area contributed by atoms with E-state index in [2.05, 4.69) is 36.7 Å². The van der Waals surface area contributed by atoms with Crippen LogP contribution in [0.1, 0.15) is 25.0 Å². The molecule has 11 heteroatoms. The number of amides is 1. The van der Waals surface area contributed by atoms with Gasteiger partial charge in [-0.3, -0.25) is 4.79 Å². The lowest BCUT2D eigenvalue weighted by Crippen LogP contribution is -2.55. The Hall–Kier alpha value is -4.28. The summed E-state index contributed by atoms with van der Waals surface area (Å²) < 4.78 is 22.0. The molecule has 0 aliphatic carbocycles. The van der Waals surface area contributed by atoms with Crippen LogP contribution < -0.4 is 14.5 Å². The van der Waals surface area contributed by atoms with Crippen LogP contribution in [0.2, 0.25) is 0 Å². The summed E-state index contributed by atoms with van der Waals surface area (Å²) in [4.78, 5) is 37.0. The van der Waals surface area contributed by atoms with Gasteiger partial charge in [-0.15, -0.1) is 0 Å². The van der Waals surface area contributed by atoms with E-state index < -0.39 is 0 Å². The fraction of sp³-hybridized carbons (Fsp3) is 0.393. The molecule has 2 aliphatic heterocycles. The van der Waals surface area contributed by atoms with E-state index in [1.54, 1.807) is 35.6 Å². The first kappa shape index (κ1) is 25.0. The van der Waals surface area contributed by atoms with E-state index in [9.17, 15) is 9.18 Å². The number of benzene rings is 1. The molecule has 6 rings (SSSR count). The van der Waals surface area contributed by atoms with Crippen molar-refractivity contribution >= 4 is 28.4 Å². The minimum Gasteiger partial charge on any atom is -0.464 e. The van der Waals surface area contributed by atoms with E-state index in [1.165, 1.54) is 0 Å². The minimum absolute atomic E-state index is 0.00565. The van der Waals surface area contributed by atoms with Crippen molar-refractivity contribution in [1.82, 2.24) is 29.4 Å². The third kappa shape index (κ3) is 4.84. The van der Waals surface area contributed by atoms with E-state index in [0.717, 1.165) is 28.0 Å². The largest absolute Gasteiger partial charge is 0.464 e. The first-order valence-corrected chi connectivity index (χ1v) is 13.3. The molecule has 10 nitrogen and oxygen atoms in total. The van der Waals surface area contributed by atoms with Crippen LogP contribution in [0.15, 0.2) is 49.2 Å². The first-order valence-electron chi connectivity index (χ1n) is 13.3. The van der Waals surface area contributed by atoms with E-state index in [4.69, 9.17) is 4.74 Å². The summed E-state index contributed by atoms with van der Waals surface area (Å²) >= 11 is 0. The number of carbonyl (C=O) groups excluding carboxylic acids is 1. The number of fused-ring (bicyclic) bond motifs is 2. The van der Waals surface area contributed by atoms with Gasteiger partial charge >= 0.3 is 6.01 Å². The molecule has 4 aromatic rings. The lowest BCUT2D eigenvalue weighted by atomic mass is 9.95. The van der Waals surface area contributed by atoms with Crippen molar-refractivity contribution in [3.05, 3.63) is 66.1 Å². The van der Waals surface area contributed by atoms with Crippen molar-refractivity contribution in [2.45, 2.75) is 39.4 Å².